The van der Waals surface area contributed by atoms with Crippen molar-refractivity contribution >= 4 is 0 Å². The first-order chi connectivity index (χ1) is 8.69. The minimum atomic E-state index is 0.0450. The summed E-state index contributed by atoms with van der Waals surface area (Å²) in [6.45, 7) is 7.38. The standard InChI is InChI=1S/C15H27NO2/c1-11-3-4-14(12(11)2)16-13-5-7-18-15(9-13)6-8-17-10-15/h11-14,16H,3-10H2,1-2H3. The van der Waals surface area contributed by atoms with Gasteiger partial charge in [0.05, 0.1) is 12.2 Å². The van der Waals surface area contributed by atoms with Crippen molar-refractivity contribution in [2.45, 2.75) is 63.6 Å². The molecule has 2 heterocycles. The maximum Gasteiger partial charge on any atom is 0.0951 e. The monoisotopic (exact) mass is 253 g/mol. The lowest BCUT2D eigenvalue weighted by molar-refractivity contribution is -0.0907. The van der Waals surface area contributed by atoms with Crippen LogP contribution in [0.4, 0.5) is 0 Å². The molecular weight excluding hydrogens is 226 g/mol. The van der Waals surface area contributed by atoms with E-state index in [0.29, 0.717) is 6.04 Å². The third-order valence-electron chi connectivity index (χ3n) is 5.48. The van der Waals surface area contributed by atoms with Gasteiger partial charge < -0.3 is 14.8 Å². The number of hydrogen-bond donors (Lipinski definition) is 1. The molecule has 5 unspecified atom stereocenters. The van der Waals surface area contributed by atoms with E-state index in [1.54, 1.807) is 0 Å². The van der Waals surface area contributed by atoms with E-state index in [-0.39, 0.29) is 5.60 Å². The summed E-state index contributed by atoms with van der Waals surface area (Å²) in [4.78, 5) is 0. The van der Waals surface area contributed by atoms with Crippen molar-refractivity contribution in [3.8, 4) is 0 Å². The first-order valence-electron chi connectivity index (χ1n) is 7.66. The van der Waals surface area contributed by atoms with E-state index >= 15 is 0 Å². The van der Waals surface area contributed by atoms with Crippen LogP contribution in [0.2, 0.25) is 0 Å². The number of ether oxygens (including phenoxy) is 2. The summed E-state index contributed by atoms with van der Waals surface area (Å²) in [6.07, 6.45) is 6.13. The van der Waals surface area contributed by atoms with E-state index in [1.165, 1.54) is 19.3 Å². The Hall–Kier alpha value is -0.120. The Bertz CT molecular complexity index is 288. The van der Waals surface area contributed by atoms with Gasteiger partial charge in [-0.3, -0.25) is 0 Å². The Balaban J connectivity index is 1.56. The molecule has 3 nitrogen and oxygen atoms in total. The van der Waals surface area contributed by atoms with Crippen LogP contribution in [0.1, 0.15) is 46.0 Å². The van der Waals surface area contributed by atoms with Crippen molar-refractivity contribution in [3.63, 3.8) is 0 Å². The van der Waals surface area contributed by atoms with Crippen LogP contribution in [0.15, 0.2) is 0 Å². The molecule has 0 aromatic carbocycles. The minimum absolute atomic E-state index is 0.0450. The zero-order valence-electron chi connectivity index (χ0n) is 11.8. The molecule has 2 saturated heterocycles. The molecular formula is C15H27NO2. The van der Waals surface area contributed by atoms with E-state index in [4.69, 9.17) is 9.47 Å². The largest absolute Gasteiger partial charge is 0.378 e. The van der Waals surface area contributed by atoms with Crippen LogP contribution in [0.5, 0.6) is 0 Å². The SMILES string of the molecule is CC1CCC(NC2CCOC3(CCOC3)C2)C1C. The Morgan fingerprint density at radius 1 is 1.11 bits per heavy atom. The fourth-order valence-corrected chi connectivity index (χ4v) is 3.94. The first-order valence-corrected chi connectivity index (χ1v) is 7.66. The summed E-state index contributed by atoms with van der Waals surface area (Å²) in [7, 11) is 0. The topological polar surface area (TPSA) is 30.5 Å². The van der Waals surface area contributed by atoms with Crippen LogP contribution >= 0.6 is 0 Å². The lowest BCUT2D eigenvalue weighted by Crippen LogP contribution is -2.50. The predicted molar refractivity (Wildman–Crippen MR) is 71.6 cm³/mol. The van der Waals surface area contributed by atoms with Crippen molar-refractivity contribution < 1.29 is 9.47 Å². The summed E-state index contributed by atoms with van der Waals surface area (Å²) >= 11 is 0. The average Bonchev–Trinajstić information content (AvgIpc) is 2.92. The van der Waals surface area contributed by atoms with E-state index in [9.17, 15) is 0 Å². The van der Waals surface area contributed by atoms with Gasteiger partial charge in [-0.1, -0.05) is 13.8 Å². The highest BCUT2D eigenvalue weighted by molar-refractivity contribution is 4.95. The first kappa shape index (κ1) is 12.9. The molecule has 1 aliphatic carbocycles. The van der Waals surface area contributed by atoms with Gasteiger partial charge in [0.25, 0.3) is 0 Å². The lowest BCUT2D eigenvalue weighted by atomic mass is 9.88. The van der Waals surface area contributed by atoms with Crippen molar-refractivity contribution in [1.82, 2.24) is 5.32 Å². The van der Waals surface area contributed by atoms with Gasteiger partial charge in [-0.2, -0.15) is 0 Å². The summed E-state index contributed by atoms with van der Waals surface area (Å²) in [6, 6.07) is 1.36. The molecule has 18 heavy (non-hydrogen) atoms. The van der Waals surface area contributed by atoms with Gasteiger partial charge in [0.15, 0.2) is 0 Å². The molecule has 0 bridgehead atoms. The number of nitrogens with one attached hydrogen (secondary N) is 1. The second-order valence-electron chi connectivity index (χ2n) is 6.71. The van der Waals surface area contributed by atoms with Gasteiger partial charge in [0.2, 0.25) is 0 Å². The van der Waals surface area contributed by atoms with Crippen molar-refractivity contribution in [3.05, 3.63) is 0 Å². The van der Waals surface area contributed by atoms with E-state index in [1.807, 2.05) is 0 Å². The van der Waals surface area contributed by atoms with Crippen molar-refractivity contribution in [1.29, 1.82) is 0 Å². The van der Waals surface area contributed by atoms with Gasteiger partial charge in [0.1, 0.15) is 0 Å². The Kier molecular flexibility index (Phi) is 3.65. The van der Waals surface area contributed by atoms with E-state index in [0.717, 1.165) is 50.5 Å². The van der Waals surface area contributed by atoms with Crippen LogP contribution in [-0.4, -0.2) is 37.5 Å². The highest BCUT2D eigenvalue weighted by atomic mass is 16.6. The second-order valence-corrected chi connectivity index (χ2v) is 6.71. The molecule has 3 fully saturated rings. The predicted octanol–water partition coefficient (Wildman–Crippen LogP) is 2.35. The molecule has 3 heteroatoms. The molecule has 1 saturated carbocycles. The van der Waals surface area contributed by atoms with Crippen LogP contribution < -0.4 is 5.32 Å². The van der Waals surface area contributed by atoms with Crippen molar-refractivity contribution in [2.75, 3.05) is 19.8 Å². The van der Waals surface area contributed by atoms with Crippen molar-refractivity contribution in [2.24, 2.45) is 11.8 Å². The molecule has 0 amide bonds. The van der Waals surface area contributed by atoms with Crippen LogP contribution in [0.3, 0.4) is 0 Å². The summed E-state index contributed by atoms with van der Waals surface area (Å²) in [5.74, 6) is 1.70. The van der Waals surface area contributed by atoms with Crippen LogP contribution in [0, 0.1) is 11.8 Å². The fraction of sp³-hybridized carbons (Fsp3) is 1.00. The summed E-state index contributed by atoms with van der Waals surface area (Å²) in [5.41, 5.74) is 0.0450. The van der Waals surface area contributed by atoms with Crippen LogP contribution in [0.25, 0.3) is 0 Å². The third kappa shape index (κ3) is 2.45. The minimum Gasteiger partial charge on any atom is -0.378 e. The molecule has 5 atom stereocenters. The van der Waals surface area contributed by atoms with E-state index in [2.05, 4.69) is 19.2 Å². The quantitative estimate of drug-likeness (QED) is 0.819. The molecule has 2 aliphatic heterocycles. The summed E-state index contributed by atoms with van der Waals surface area (Å²) in [5, 5.41) is 3.91. The van der Waals surface area contributed by atoms with Gasteiger partial charge in [-0.15, -0.1) is 0 Å². The molecule has 3 rings (SSSR count). The summed E-state index contributed by atoms with van der Waals surface area (Å²) < 4.78 is 11.5. The third-order valence-corrected chi connectivity index (χ3v) is 5.48. The Morgan fingerprint density at radius 2 is 2.00 bits per heavy atom. The number of rotatable bonds is 2. The molecule has 0 aromatic heterocycles. The van der Waals surface area contributed by atoms with Gasteiger partial charge in [-0.25, -0.2) is 0 Å². The van der Waals surface area contributed by atoms with Gasteiger partial charge >= 0.3 is 0 Å². The molecule has 0 radical (unpaired) electrons. The zero-order valence-corrected chi connectivity index (χ0v) is 11.8. The van der Waals surface area contributed by atoms with Gasteiger partial charge in [0, 0.05) is 31.7 Å². The fourth-order valence-electron chi connectivity index (χ4n) is 3.94. The highest BCUT2D eigenvalue weighted by Crippen LogP contribution is 2.35. The lowest BCUT2D eigenvalue weighted by Gasteiger charge is -2.39. The molecule has 1 N–H and O–H groups in total. The van der Waals surface area contributed by atoms with Gasteiger partial charge in [-0.05, 0) is 37.5 Å². The smallest absolute Gasteiger partial charge is 0.0951 e. The Morgan fingerprint density at radius 3 is 2.67 bits per heavy atom. The molecule has 1 spiro atoms. The zero-order chi connectivity index (χ0) is 12.6. The molecule has 0 aromatic rings. The second kappa shape index (κ2) is 5.10. The van der Waals surface area contributed by atoms with E-state index < -0.39 is 0 Å². The average molecular weight is 253 g/mol. The van der Waals surface area contributed by atoms with Crippen LogP contribution in [-0.2, 0) is 9.47 Å². The maximum atomic E-state index is 6.00. The Labute approximate surface area is 111 Å². The molecule has 3 aliphatic rings. The number of hydrogen-bond acceptors (Lipinski definition) is 3. The molecule has 104 valence electrons. The normalized spacial score (nSPS) is 49.0. The maximum absolute atomic E-state index is 6.00. The highest BCUT2D eigenvalue weighted by Gasteiger charge is 2.42.